The van der Waals surface area contributed by atoms with Crippen LogP contribution in [0.2, 0.25) is 0 Å². The Morgan fingerprint density at radius 3 is 2.63 bits per heavy atom. The van der Waals surface area contributed by atoms with Gasteiger partial charge in [-0.05, 0) is 25.2 Å². The Morgan fingerprint density at radius 1 is 1.32 bits per heavy atom. The zero-order valence-electron chi connectivity index (χ0n) is 12.5. The smallest absolute Gasteiger partial charge is 0.135 e. The summed E-state index contributed by atoms with van der Waals surface area (Å²) in [4.78, 5) is 8.97. The number of nitrogens with zero attached hydrogens (tertiary/aromatic N) is 2. The van der Waals surface area contributed by atoms with Crippen molar-refractivity contribution in [2.45, 2.75) is 52.9 Å². The van der Waals surface area contributed by atoms with Gasteiger partial charge in [0.2, 0.25) is 0 Å². The van der Waals surface area contributed by atoms with Crippen molar-refractivity contribution in [3.8, 4) is 0 Å². The second kappa shape index (κ2) is 5.76. The Hall–Kier alpha value is -1.32. The third-order valence-electron chi connectivity index (χ3n) is 4.29. The van der Waals surface area contributed by atoms with Crippen molar-refractivity contribution >= 4 is 11.6 Å². The molecule has 1 aliphatic carbocycles. The van der Waals surface area contributed by atoms with E-state index in [0.717, 1.165) is 35.6 Å². The summed E-state index contributed by atoms with van der Waals surface area (Å²) in [5.41, 5.74) is 6.95. The van der Waals surface area contributed by atoms with Crippen molar-refractivity contribution in [2.75, 3.05) is 17.6 Å². The number of aromatic nitrogens is 2. The van der Waals surface area contributed by atoms with Crippen LogP contribution in [0, 0.1) is 18.8 Å². The first-order valence-electron chi connectivity index (χ1n) is 7.37. The number of rotatable bonds is 4. The average Bonchev–Trinajstić information content (AvgIpc) is 2.76. The predicted molar refractivity (Wildman–Crippen MR) is 80.3 cm³/mol. The second-order valence-corrected chi connectivity index (χ2v) is 6.14. The van der Waals surface area contributed by atoms with Crippen LogP contribution in [0.25, 0.3) is 0 Å². The lowest BCUT2D eigenvalue weighted by Gasteiger charge is -2.18. The van der Waals surface area contributed by atoms with Gasteiger partial charge in [0.1, 0.15) is 17.5 Å². The third kappa shape index (κ3) is 3.17. The largest absolute Gasteiger partial charge is 0.383 e. The first kappa shape index (κ1) is 14.1. The minimum atomic E-state index is 0.300. The number of nitrogens with two attached hydrogens (primary N) is 1. The van der Waals surface area contributed by atoms with E-state index in [9.17, 15) is 0 Å². The molecule has 1 aliphatic rings. The lowest BCUT2D eigenvalue weighted by atomic mass is 9.98. The Labute approximate surface area is 116 Å². The van der Waals surface area contributed by atoms with Crippen LogP contribution >= 0.6 is 0 Å². The highest BCUT2D eigenvalue weighted by molar-refractivity contribution is 5.55. The highest BCUT2D eigenvalue weighted by Crippen LogP contribution is 2.31. The maximum absolute atomic E-state index is 5.98. The maximum atomic E-state index is 5.98. The summed E-state index contributed by atoms with van der Waals surface area (Å²) in [7, 11) is 0. The molecule has 2 unspecified atom stereocenters. The second-order valence-electron chi connectivity index (χ2n) is 6.14. The quantitative estimate of drug-likeness (QED) is 0.873. The monoisotopic (exact) mass is 262 g/mol. The van der Waals surface area contributed by atoms with Gasteiger partial charge in [0.15, 0.2) is 0 Å². The van der Waals surface area contributed by atoms with Crippen molar-refractivity contribution in [2.24, 2.45) is 11.8 Å². The molecule has 0 spiro atoms. The average molecular weight is 262 g/mol. The lowest BCUT2D eigenvalue weighted by Crippen LogP contribution is -2.19. The molecule has 1 heterocycles. The first-order valence-corrected chi connectivity index (χ1v) is 7.37. The number of nitrogens with one attached hydrogen (secondary N) is 1. The molecule has 4 heteroatoms. The number of anilines is 2. The topological polar surface area (TPSA) is 63.8 Å². The molecule has 4 nitrogen and oxygen atoms in total. The summed E-state index contributed by atoms with van der Waals surface area (Å²) in [6.45, 7) is 9.51. The van der Waals surface area contributed by atoms with Crippen molar-refractivity contribution < 1.29 is 0 Å². The normalized spacial score (nSPS) is 23.0. The summed E-state index contributed by atoms with van der Waals surface area (Å²) < 4.78 is 0. The van der Waals surface area contributed by atoms with Gasteiger partial charge in [0.05, 0.1) is 0 Å². The summed E-state index contributed by atoms with van der Waals surface area (Å²) in [5, 5.41) is 3.49. The van der Waals surface area contributed by atoms with E-state index < -0.39 is 0 Å². The molecular formula is C15H26N4. The Morgan fingerprint density at radius 2 is 2.05 bits per heavy atom. The van der Waals surface area contributed by atoms with Gasteiger partial charge >= 0.3 is 0 Å². The molecule has 0 aromatic carbocycles. The Bertz CT molecular complexity index is 442. The summed E-state index contributed by atoms with van der Waals surface area (Å²) in [5.74, 6) is 4.21. The van der Waals surface area contributed by atoms with Crippen LogP contribution in [-0.4, -0.2) is 16.5 Å². The van der Waals surface area contributed by atoms with Gasteiger partial charge in [0.25, 0.3) is 0 Å². The van der Waals surface area contributed by atoms with E-state index in [-0.39, 0.29) is 0 Å². The van der Waals surface area contributed by atoms with E-state index >= 15 is 0 Å². The molecule has 1 fully saturated rings. The molecule has 1 saturated carbocycles. The van der Waals surface area contributed by atoms with Gasteiger partial charge in [-0.25, -0.2) is 9.97 Å². The van der Waals surface area contributed by atoms with Crippen LogP contribution in [0.4, 0.5) is 11.6 Å². The predicted octanol–water partition coefficient (Wildman–Crippen LogP) is 3.34. The van der Waals surface area contributed by atoms with Crippen molar-refractivity contribution in [3.63, 3.8) is 0 Å². The van der Waals surface area contributed by atoms with Gasteiger partial charge in [-0.3, -0.25) is 0 Å². The Balaban J connectivity index is 2.10. The zero-order chi connectivity index (χ0) is 14.0. The van der Waals surface area contributed by atoms with Crippen LogP contribution in [0.3, 0.4) is 0 Å². The number of nitrogen functional groups attached to an aromatic ring is 1. The molecular weight excluding hydrogens is 236 g/mol. The molecule has 3 N–H and O–H groups in total. The van der Waals surface area contributed by atoms with Crippen LogP contribution in [0.15, 0.2) is 0 Å². The molecule has 0 bridgehead atoms. The fourth-order valence-corrected chi connectivity index (χ4v) is 2.74. The standard InChI is InChI=1S/C15H26N4/c1-9(2)14-18-13(16)11(4)15(19-14)17-8-12-7-5-6-10(12)3/h9-10,12H,5-8H2,1-4H3,(H3,16,17,18,19). The van der Waals surface area contributed by atoms with Gasteiger partial charge < -0.3 is 11.1 Å². The summed E-state index contributed by atoms with van der Waals surface area (Å²) in [6.07, 6.45) is 4.04. The molecule has 19 heavy (non-hydrogen) atoms. The van der Waals surface area contributed by atoms with E-state index in [2.05, 4.69) is 36.1 Å². The van der Waals surface area contributed by atoms with Crippen LogP contribution in [0.1, 0.15) is 57.3 Å². The molecule has 0 aliphatic heterocycles. The molecule has 0 amide bonds. The van der Waals surface area contributed by atoms with Crippen molar-refractivity contribution in [1.29, 1.82) is 0 Å². The number of hydrogen-bond acceptors (Lipinski definition) is 4. The highest BCUT2D eigenvalue weighted by Gasteiger charge is 2.23. The number of hydrogen-bond donors (Lipinski definition) is 2. The van der Waals surface area contributed by atoms with E-state index in [1.54, 1.807) is 0 Å². The zero-order valence-corrected chi connectivity index (χ0v) is 12.5. The van der Waals surface area contributed by atoms with Gasteiger partial charge in [0, 0.05) is 18.0 Å². The van der Waals surface area contributed by atoms with Crippen molar-refractivity contribution in [1.82, 2.24) is 9.97 Å². The Kier molecular flexibility index (Phi) is 4.27. The van der Waals surface area contributed by atoms with Gasteiger partial charge in [-0.15, -0.1) is 0 Å². The van der Waals surface area contributed by atoms with E-state index in [1.165, 1.54) is 19.3 Å². The van der Waals surface area contributed by atoms with Crippen LogP contribution in [-0.2, 0) is 0 Å². The van der Waals surface area contributed by atoms with Crippen molar-refractivity contribution in [3.05, 3.63) is 11.4 Å². The highest BCUT2D eigenvalue weighted by atomic mass is 15.1. The van der Waals surface area contributed by atoms with Gasteiger partial charge in [-0.1, -0.05) is 33.6 Å². The maximum Gasteiger partial charge on any atom is 0.135 e. The first-order chi connectivity index (χ1) is 8.99. The molecule has 0 radical (unpaired) electrons. The molecule has 106 valence electrons. The molecule has 0 saturated heterocycles. The summed E-state index contributed by atoms with van der Waals surface area (Å²) in [6, 6.07) is 0. The fourth-order valence-electron chi connectivity index (χ4n) is 2.74. The van der Waals surface area contributed by atoms with Gasteiger partial charge in [-0.2, -0.15) is 0 Å². The van der Waals surface area contributed by atoms with Crippen LogP contribution < -0.4 is 11.1 Å². The van der Waals surface area contributed by atoms with Crippen LogP contribution in [0.5, 0.6) is 0 Å². The SMILES string of the molecule is Cc1c(N)nc(C(C)C)nc1NCC1CCCC1C. The minimum absolute atomic E-state index is 0.300. The molecule has 2 atom stereocenters. The minimum Gasteiger partial charge on any atom is -0.383 e. The molecule has 1 aromatic heterocycles. The molecule has 1 aromatic rings. The lowest BCUT2D eigenvalue weighted by molar-refractivity contribution is 0.439. The fraction of sp³-hybridized carbons (Fsp3) is 0.733. The van der Waals surface area contributed by atoms with E-state index in [0.29, 0.717) is 11.7 Å². The third-order valence-corrected chi connectivity index (χ3v) is 4.29. The van der Waals surface area contributed by atoms with E-state index in [4.69, 9.17) is 5.73 Å². The van der Waals surface area contributed by atoms with E-state index in [1.807, 2.05) is 6.92 Å². The molecule has 2 rings (SSSR count). The summed E-state index contributed by atoms with van der Waals surface area (Å²) >= 11 is 0.